The second-order valence-electron chi connectivity index (χ2n) is 6.53. The maximum Gasteiger partial charge on any atom is 0.250 e. The molecular weight excluding hydrogens is 360 g/mol. The van der Waals surface area contributed by atoms with Crippen LogP contribution in [0.2, 0.25) is 0 Å². The summed E-state index contributed by atoms with van der Waals surface area (Å²) in [5.74, 6) is -5.03. The van der Waals surface area contributed by atoms with Crippen LogP contribution in [-0.2, 0) is 9.47 Å². The first kappa shape index (κ1) is 18.4. The van der Waals surface area contributed by atoms with Crippen LogP contribution in [0.5, 0.6) is 0 Å². The van der Waals surface area contributed by atoms with Crippen molar-refractivity contribution in [2.75, 3.05) is 0 Å². The number of rotatable bonds is 0. The molecule has 4 unspecified atom stereocenters. The molecule has 3 aliphatic rings. The van der Waals surface area contributed by atoms with E-state index in [0.29, 0.717) is 0 Å². The molecule has 10 nitrogen and oxygen atoms in total. The molecule has 130 valence electrons. The van der Waals surface area contributed by atoms with Gasteiger partial charge in [-0.15, -0.1) is 0 Å². The van der Waals surface area contributed by atoms with E-state index in [9.17, 15) is 42.1 Å². The van der Waals surface area contributed by atoms with E-state index in [1.54, 1.807) is 48.6 Å². The van der Waals surface area contributed by atoms with Crippen LogP contribution in [0.3, 0.4) is 0 Å². The smallest absolute Gasteiger partial charge is 0.250 e. The van der Waals surface area contributed by atoms with E-state index in [1.807, 2.05) is 0 Å². The summed E-state index contributed by atoms with van der Waals surface area (Å²) in [4.78, 5) is 0. The Morgan fingerprint density at radius 2 is 0.714 bits per heavy atom. The summed E-state index contributed by atoms with van der Waals surface area (Å²) in [6, 6.07) is 13.3. The molecule has 3 rings (SSSR count). The average Bonchev–Trinajstić information content (AvgIpc) is 3.22. The standard InChI is InChI=1S/C18H6N8O2/c19-3-15(4-20)11-1-2-12-14(13(11)17(7-23,8-24)27-15)18(9-25,10-26)28-16(12,5-21)6-22/h1-2,11-14H. The third kappa shape index (κ3) is 1.74. The van der Waals surface area contributed by atoms with Gasteiger partial charge >= 0.3 is 0 Å². The Bertz CT molecular complexity index is 984. The van der Waals surface area contributed by atoms with Gasteiger partial charge in [0.15, 0.2) is 0 Å². The molecule has 0 aromatic heterocycles. The monoisotopic (exact) mass is 366 g/mol. The predicted octanol–water partition coefficient (Wildman–Crippen LogP) is 0.225. The number of nitriles is 8. The van der Waals surface area contributed by atoms with Gasteiger partial charge in [-0.2, -0.15) is 42.1 Å². The van der Waals surface area contributed by atoms with Crippen molar-refractivity contribution < 1.29 is 9.47 Å². The van der Waals surface area contributed by atoms with Gasteiger partial charge in [0.25, 0.3) is 0 Å². The largest absolute Gasteiger partial charge is 0.312 e. The summed E-state index contributed by atoms with van der Waals surface area (Å²) in [7, 11) is 0. The lowest BCUT2D eigenvalue weighted by Gasteiger charge is -2.37. The highest BCUT2D eigenvalue weighted by Crippen LogP contribution is 2.62. The number of hydrogen-bond acceptors (Lipinski definition) is 10. The molecule has 1 aliphatic carbocycles. The van der Waals surface area contributed by atoms with Crippen LogP contribution in [0.25, 0.3) is 0 Å². The molecule has 4 atom stereocenters. The topological polar surface area (TPSA) is 209 Å². The van der Waals surface area contributed by atoms with Crippen LogP contribution in [0.1, 0.15) is 0 Å². The normalized spacial score (nSPS) is 33.4. The molecule has 0 radical (unpaired) electrons. The zero-order valence-electron chi connectivity index (χ0n) is 13.9. The fraction of sp³-hybridized carbons (Fsp3) is 0.444. The maximum atomic E-state index is 9.68. The molecule has 0 aromatic rings. The van der Waals surface area contributed by atoms with Crippen molar-refractivity contribution in [1.29, 1.82) is 42.1 Å². The Hall–Kier alpha value is -4.42. The highest BCUT2D eigenvalue weighted by atomic mass is 16.5. The lowest BCUT2D eigenvalue weighted by molar-refractivity contribution is -0.0205. The van der Waals surface area contributed by atoms with Crippen molar-refractivity contribution in [3.05, 3.63) is 12.2 Å². The zero-order chi connectivity index (χ0) is 20.8. The van der Waals surface area contributed by atoms with Gasteiger partial charge in [0.1, 0.15) is 48.6 Å². The van der Waals surface area contributed by atoms with Gasteiger partial charge in [-0.3, -0.25) is 0 Å². The number of nitrogens with zero attached hydrogens (tertiary/aromatic N) is 8. The Morgan fingerprint density at radius 3 is 0.929 bits per heavy atom. The fourth-order valence-electron chi connectivity index (χ4n) is 4.37. The van der Waals surface area contributed by atoms with E-state index in [0.717, 1.165) is 0 Å². The summed E-state index contributed by atoms with van der Waals surface area (Å²) in [6.07, 6.45) is 2.62. The van der Waals surface area contributed by atoms with Crippen molar-refractivity contribution in [3.8, 4) is 48.6 Å². The van der Waals surface area contributed by atoms with Crippen LogP contribution < -0.4 is 0 Å². The second kappa shape index (κ2) is 5.54. The summed E-state index contributed by atoms with van der Waals surface area (Å²) >= 11 is 0. The zero-order valence-corrected chi connectivity index (χ0v) is 13.9. The van der Waals surface area contributed by atoms with Crippen LogP contribution in [0.4, 0.5) is 0 Å². The number of fused-ring (bicyclic) bond motifs is 3. The van der Waals surface area contributed by atoms with E-state index in [1.165, 1.54) is 12.2 Å². The minimum atomic E-state index is -2.37. The lowest BCUT2D eigenvalue weighted by Crippen LogP contribution is -2.50. The van der Waals surface area contributed by atoms with E-state index < -0.39 is 46.1 Å². The second-order valence-corrected chi connectivity index (χ2v) is 6.53. The van der Waals surface area contributed by atoms with Gasteiger partial charge in [0.2, 0.25) is 22.4 Å². The molecule has 2 fully saturated rings. The molecule has 10 heteroatoms. The molecule has 28 heavy (non-hydrogen) atoms. The predicted molar refractivity (Wildman–Crippen MR) is 81.1 cm³/mol. The third-order valence-corrected chi connectivity index (χ3v) is 5.54. The van der Waals surface area contributed by atoms with E-state index in [4.69, 9.17) is 9.47 Å². The quantitative estimate of drug-likeness (QED) is 0.532. The molecule has 0 spiro atoms. The average molecular weight is 366 g/mol. The van der Waals surface area contributed by atoms with Crippen molar-refractivity contribution in [2.45, 2.75) is 22.4 Å². The molecule has 0 N–H and O–H groups in total. The first-order valence-corrected chi connectivity index (χ1v) is 7.76. The van der Waals surface area contributed by atoms with Crippen LogP contribution in [0.15, 0.2) is 12.2 Å². The highest BCUT2D eigenvalue weighted by Gasteiger charge is 2.76. The van der Waals surface area contributed by atoms with Gasteiger partial charge in [0, 0.05) is 23.7 Å². The van der Waals surface area contributed by atoms with Gasteiger partial charge in [-0.1, -0.05) is 12.2 Å². The van der Waals surface area contributed by atoms with Crippen LogP contribution in [0, 0.1) is 114 Å². The molecule has 0 bridgehead atoms. The Morgan fingerprint density at radius 1 is 0.464 bits per heavy atom. The Labute approximate surface area is 159 Å². The Kier molecular flexibility index (Phi) is 3.63. The van der Waals surface area contributed by atoms with Crippen LogP contribution >= 0.6 is 0 Å². The van der Waals surface area contributed by atoms with E-state index in [-0.39, 0.29) is 0 Å². The molecule has 2 heterocycles. The lowest BCUT2D eigenvalue weighted by atomic mass is 9.57. The van der Waals surface area contributed by atoms with Gasteiger partial charge < -0.3 is 9.47 Å². The van der Waals surface area contributed by atoms with Crippen molar-refractivity contribution >= 4 is 0 Å². The first-order valence-electron chi connectivity index (χ1n) is 7.76. The highest BCUT2D eigenvalue weighted by molar-refractivity contribution is 5.47. The Balaban J connectivity index is 2.39. The van der Waals surface area contributed by atoms with Gasteiger partial charge in [0.05, 0.1) is 0 Å². The minimum absolute atomic E-state index is 1.17. The van der Waals surface area contributed by atoms with Crippen molar-refractivity contribution in [3.63, 3.8) is 0 Å². The van der Waals surface area contributed by atoms with E-state index in [2.05, 4.69) is 0 Å². The van der Waals surface area contributed by atoms with Gasteiger partial charge in [-0.05, 0) is 0 Å². The van der Waals surface area contributed by atoms with Crippen molar-refractivity contribution in [2.24, 2.45) is 23.7 Å². The summed E-state index contributed by atoms with van der Waals surface area (Å²) < 4.78 is 10.7. The molecule has 0 saturated carbocycles. The fourth-order valence-corrected chi connectivity index (χ4v) is 4.37. The summed E-state index contributed by atoms with van der Waals surface area (Å²) in [5, 5.41) is 76.9. The summed E-state index contributed by atoms with van der Waals surface area (Å²) in [5.41, 5.74) is -9.18. The van der Waals surface area contributed by atoms with E-state index >= 15 is 0 Å². The molecule has 2 saturated heterocycles. The number of hydrogen-bond donors (Lipinski definition) is 0. The summed E-state index contributed by atoms with van der Waals surface area (Å²) in [6.45, 7) is 0. The third-order valence-electron chi connectivity index (χ3n) is 5.54. The van der Waals surface area contributed by atoms with Gasteiger partial charge in [-0.25, -0.2) is 0 Å². The molecule has 0 amide bonds. The SMILES string of the molecule is N#CC1(C#N)OC(C#N)(C#N)C2C1C=CC1C2C(C#N)(C#N)OC1(C#N)C#N. The number of ether oxygens (including phenoxy) is 2. The molecule has 2 aliphatic heterocycles. The first-order chi connectivity index (χ1) is 13.4. The minimum Gasteiger partial charge on any atom is -0.312 e. The van der Waals surface area contributed by atoms with Crippen LogP contribution in [-0.4, -0.2) is 22.4 Å². The van der Waals surface area contributed by atoms with Crippen molar-refractivity contribution in [1.82, 2.24) is 0 Å². The molecule has 0 aromatic carbocycles. The maximum absolute atomic E-state index is 9.68. The molecular formula is C18H6N8O2.